The standard InChI is InChI=1S/C23H36N4O2/c1-6-19-11-9-10-18(4)22(19)16-26-21(15-24-7-2)14-20(17-27(5)8-3)23(29)25-12-13-28/h9-11,14-15,17,26,28H,6-8,12-13,16H2,1-5H3,(H,25,29)/b20-17?,21-14+,24-15?. The van der Waals surface area contributed by atoms with E-state index in [4.69, 9.17) is 5.11 Å². The van der Waals surface area contributed by atoms with E-state index in [1.165, 1.54) is 16.7 Å². The van der Waals surface area contributed by atoms with Crippen molar-refractivity contribution in [3.05, 3.63) is 58.4 Å². The smallest absolute Gasteiger partial charge is 0.252 e. The van der Waals surface area contributed by atoms with Gasteiger partial charge >= 0.3 is 0 Å². The van der Waals surface area contributed by atoms with E-state index in [1.54, 1.807) is 12.4 Å². The van der Waals surface area contributed by atoms with E-state index in [0.29, 0.717) is 18.7 Å². The van der Waals surface area contributed by atoms with Crippen molar-refractivity contribution in [2.75, 3.05) is 33.3 Å². The average molecular weight is 401 g/mol. The molecule has 3 N–H and O–H groups in total. The Morgan fingerprint density at radius 3 is 2.62 bits per heavy atom. The maximum absolute atomic E-state index is 12.6. The largest absolute Gasteiger partial charge is 0.395 e. The predicted octanol–water partition coefficient (Wildman–Crippen LogP) is 2.57. The number of aryl methyl sites for hydroxylation is 2. The molecule has 1 aromatic rings. The molecular weight excluding hydrogens is 364 g/mol. The summed E-state index contributed by atoms with van der Waals surface area (Å²) in [6.45, 7) is 10.5. The Kier molecular flexibility index (Phi) is 11.4. The molecule has 0 saturated carbocycles. The van der Waals surface area contributed by atoms with Crippen LogP contribution >= 0.6 is 0 Å². The van der Waals surface area contributed by atoms with E-state index in [-0.39, 0.29) is 19.1 Å². The average Bonchev–Trinajstić information content (AvgIpc) is 2.73. The highest BCUT2D eigenvalue weighted by Crippen LogP contribution is 2.15. The van der Waals surface area contributed by atoms with E-state index in [9.17, 15) is 4.79 Å². The molecule has 0 unspecified atom stereocenters. The van der Waals surface area contributed by atoms with Gasteiger partial charge in [-0.3, -0.25) is 9.79 Å². The SMILES string of the molecule is CCN=C/C(=C\C(=CN(C)CC)C(=O)NCCO)NCc1c(C)cccc1CC. The van der Waals surface area contributed by atoms with Crippen LogP contribution in [0.5, 0.6) is 0 Å². The van der Waals surface area contributed by atoms with E-state index in [1.807, 2.05) is 31.9 Å². The van der Waals surface area contributed by atoms with Crippen LogP contribution in [0.2, 0.25) is 0 Å². The quantitative estimate of drug-likeness (QED) is 0.286. The van der Waals surface area contributed by atoms with Gasteiger partial charge in [0.05, 0.1) is 17.9 Å². The van der Waals surface area contributed by atoms with Crippen LogP contribution in [0.4, 0.5) is 0 Å². The molecule has 0 aromatic heterocycles. The number of carbonyl (C=O) groups excluding carboxylic acids is 1. The van der Waals surface area contributed by atoms with Crippen LogP contribution in [-0.4, -0.2) is 55.4 Å². The Labute approximate surface area is 175 Å². The number of benzene rings is 1. The number of amides is 1. The van der Waals surface area contributed by atoms with E-state index in [2.05, 4.69) is 47.7 Å². The number of aliphatic hydroxyl groups is 1. The maximum Gasteiger partial charge on any atom is 0.252 e. The lowest BCUT2D eigenvalue weighted by molar-refractivity contribution is -0.117. The van der Waals surface area contributed by atoms with Crippen molar-refractivity contribution in [1.82, 2.24) is 15.5 Å². The van der Waals surface area contributed by atoms with Gasteiger partial charge in [-0.25, -0.2) is 0 Å². The lowest BCUT2D eigenvalue weighted by Crippen LogP contribution is -2.29. The van der Waals surface area contributed by atoms with Gasteiger partial charge < -0.3 is 20.6 Å². The Morgan fingerprint density at radius 2 is 2.00 bits per heavy atom. The number of aliphatic hydroxyl groups excluding tert-OH is 1. The summed E-state index contributed by atoms with van der Waals surface area (Å²) in [6, 6.07) is 6.35. The fourth-order valence-corrected chi connectivity index (χ4v) is 2.79. The van der Waals surface area contributed by atoms with Crippen molar-refractivity contribution in [3.63, 3.8) is 0 Å². The van der Waals surface area contributed by atoms with Gasteiger partial charge in [-0.15, -0.1) is 0 Å². The van der Waals surface area contributed by atoms with Gasteiger partial charge in [-0.1, -0.05) is 25.1 Å². The van der Waals surface area contributed by atoms with Crippen molar-refractivity contribution in [1.29, 1.82) is 0 Å². The molecule has 0 heterocycles. The molecule has 6 nitrogen and oxygen atoms in total. The van der Waals surface area contributed by atoms with Crippen LogP contribution in [-0.2, 0) is 17.8 Å². The van der Waals surface area contributed by atoms with Crippen LogP contribution in [0.15, 0.2) is 46.7 Å². The second-order valence-electron chi connectivity index (χ2n) is 6.78. The van der Waals surface area contributed by atoms with Crippen LogP contribution in [0, 0.1) is 6.92 Å². The normalized spacial score (nSPS) is 12.3. The minimum Gasteiger partial charge on any atom is -0.395 e. The van der Waals surface area contributed by atoms with Crippen molar-refractivity contribution in [2.45, 2.75) is 40.7 Å². The number of carbonyl (C=O) groups is 1. The number of hydrogen-bond acceptors (Lipinski definition) is 5. The third kappa shape index (κ3) is 8.52. The van der Waals surface area contributed by atoms with Gasteiger partial charge in [0.15, 0.2) is 0 Å². The lowest BCUT2D eigenvalue weighted by atomic mass is 10.00. The van der Waals surface area contributed by atoms with Crippen LogP contribution in [0.3, 0.4) is 0 Å². The summed E-state index contributed by atoms with van der Waals surface area (Å²) in [6.07, 6.45) is 6.35. The minimum absolute atomic E-state index is 0.0954. The highest BCUT2D eigenvalue weighted by Gasteiger charge is 2.10. The molecule has 0 spiro atoms. The molecule has 0 atom stereocenters. The van der Waals surface area contributed by atoms with Crippen molar-refractivity contribution < 1.29 is 9.90 Å². The van der Waals surface area contributed by atoms with Crippen LogP contribution < -0.4 is 10.6 Å². The third-order valence-corrected chi connectivity index (χ3v) is 4.60. The third-order valence-electron chi connectivity index (χ3n) is 4.60. The van der Waals surface area contributed by atoms with Gasteiger partial charge in [-0.05, 0) is 50.0 Å². The van der Waals surface area contributed by atoms with Crippen molar-refractivity contribution >= 4 is 12.1 Å². The van der Waals surface area contributed by atoms with Gasteiger partial charge in [0.1, 0.15) is 0 Å². The molecule has 160 valence electrons. The summed E-state index contributed by atoms with van der Waals surface area (Å²) in [4.78, 5) is 18.9. The molecule has 1 aromatic carbocycles. The second-order valence-corrected chi connectivity index (χ2v) is 6.78. The first-order valence-corrected chi connectivity index (χ1v) is 10.3. The summed E-state index contributed by atoms with van der Waals surface area (Å²) in [5.41, 5.74) is 5.10. The van der Waals surface area contributed by atoms with Crippen LogP contribution in [0.1, 0.15) is 37.5 Å². The van der Waals surface area contributed by atoms with Gasteiger partial charge in [0.2, 0.25) is 0 Å². The molecular formula is C23H36N4O2. The molecule has 0 radical (unpaired) electrons. The molecule has 0 aliphatic rings. The van der Waals surface area contributed by atoms with E-state index < -0.39 is 0 Å². The van der Waals surface area contributed by atoms with E-state index in [0.717, 1.165) is 18.7 Å². The molecule has 6 heteroatoms. The second kappa shape index (κ2) is 13.6. The number of nitrogens with zero attached hydrogens (tertiary/aromatic N) is 2. The number of nitrogens with one attached hydrogen (secondary N) is 2. The number of hydrogen-bond donors (Lipinski definition) is 3. The Bertz CT molecular complexity index is 738. The molecule has 1 rings (SSSR count). The first-order chi connectivity index (χ1) is 14.0. The molecule has 1 amide bonds. The Balaban J connectivity index is 3.18. The summed E-state index contributed by atoms with van der Waals surface area (Å²) in [7, 11) is 1.92. The maximum atomic E-state index is 12.6. The first-order valence-electron chi connectivity index (χ1n) is 10.3. The van der Waals surface area contributed by atoms with E-state index >= 15 is 0 Å². The fourth-order valence-electron chi connectivity index (χ4n) is 2.79. The summed E-state index contributed by atoms with van der Waals surface area (Å²) < 4.78 is 0. The van der Waals surface area contributed by atoms with Gasteiger partial charge in [-0.2, -0.15) is 0 Å². The Hall–Kier alpha value is -2.60. The monoisotopic (exact) mass is 400 g/mol. The molecule has 29 heavy (non-hydrogen) atoms. The zero-order valence-electron chi connectivity index (χ0n) is 18.5. The molecule has 0 fully saturated rings. The summed E-state index contributed by atoms with van der Waals surface area (Å²) >= 11 is 0. The zero-order valence-corrected chi connectivity index (χ0v) is 18.5. The Morgan fingerprint density at radius 1 is 1.24 bits per heavy atom. The summed E-state index contributed by atoms with van der Waals surface area (Å²) in [5.74, 6) is -0.228. The molecule has 0 aliphatic carbocycles. The molecule has 0 aliphatic heterocycles. The molecule has 0 bridgehead atoms. The van der Waals surface area contributed by atoms with Crippen LogP contribution in [0.25, 0.3) is 0 Å². The van der Waals surface area contributed by atoms with Crippen molar-refractivity contribution in [2.24, 2.45) is 4.99 Å². The minimum atomic E-state index is -0.228. The number of aliphatic imine (C=N–C) groups is 1. The molecule has 0 saturated heterocycles. The van der Waals surface area contributed by atoms with Crippen molar-refractivity contribution in [3.8, 4) is 0 Å². The fraction of sp³-hybridized carbons (Fsp3) is 0.478. The topological polar surface area (TPSA) is 77.0 Å². The number of rotatable bonds is 12. The number of allylic oxidation sites excluding steroid dienone is 1. The zero-order chi connectivity index (χ0) is 21.6. The summed E-state index contributed by atoms with van der Waals surface area (Å²) in [5, 5.41) is 15.2. The predicted molar refractivity (Wildman–Crippen MR) is 121 cm³/mol. The first kappa shape index (κ1) is 24.4. The highest BCUT2D eigenvalue weighted by atomic mass is 16.3. The lowest BCUT2D eigenvalue weighted by Gasteiger charge is -2.16. The highest BCUT2D eigenvalue weighted by molar-refractivity contribution is 5.97. The van der Waals surface area contributed by atoms with Gasteiger partial charge in [0, 0.05) is 45.6 Å². The van der Waals surface area contributed by atoms with Gasteiger partial charge in [0.25, 0.3) is 5.91 Å².